The van der Waals surface area contributed by atoms with E-state index in [9.17, 15) is 19.2 Å². The molecule has 264 valence electrons. The third-order valence-electron chi connectivity index (χ3n) is 7.86. The number of hydrogen-bond donors (Lipinski definition) is 0. The zero-order valence-corrected chi connectivity index (χ0v) is 30.1. The summed E-state index contributed by atoms with van der Waals surface area (Å²) in [6, 6.07) is 25.7. The molecule has 4 aromatic rings. The van der Waals surface area contributed by atoms with Crippen LogP contribution in [-0.2, 0) is 19.2 Å². The first-order valence-electron chi connectivity index (χ1n) is 16.4. The molecule has 8 nitrogen and oxygen atoms in total. The van der Waals surface area contributed by atoms with Crippen LogP contribution in [0.25, 0.3) is 34.4 Å². The Hall–Kier alpha value is -6.54. The molecule has 0 radical (unpaired) electrons. The van der Waals surface area contributed by atoms with E-state index >= 15 is 0 Å². The standard InChI is InChI=1S/C44H40O8/c1-9-29(7)43(47)51-39-25-35(21-23-37(39)49-41(45)27(3)4)33-17-13-31(14-18-33)11-12-32-15-19-34(20-16-32)36-22-24-38(50-42(46)28(5)6)40(26-36)52-44(48)30(8)10-2/h9-26H,3,5H2,1-2,4,6-8H3/b12-11+,29-9-,30-10+. The lowest BCUT2D eigenvalue weighted by Gasteiger charge is -2.13. The average Bonchev–Trinajstić information content (AvgIpc) is 3.14. The van der Waals surface area contributed by atoms with Gasteiger partial charge in [0, 0.05) is 22.3 Å². The number of hydrogen-bond acceptors (Lipinski definition) is 8. The van der Waals surface area contributed by atoms with Gasteiger partial charge in [-0.2, -0.15) is 0 Å². The summed E-state index contributed by atoms with van der Waals surface area (Å²) in [7, 11) is 0. The van der Waals surface area contributed by atoms with E-state index in [0.29, 0.717) is 11.1 Å². The molecule has 0 saturated heterocycles. The summed E-state index contributed by atoms with van der Waals surface area (Å²) < 4.78 is 22.0. The first kappa shape index (κ1) is 38.3. The van der Waals surface area contributed by atoms with E-state index < -0.39 is 23.9 Å². The van der Waals surface area contributed by atoms with Crippen molar-refractivity contribution in [1.29, 1.82) is 0 Å². The van der Waals surface area contributed by atoms with Gasteiger partial charge in [0.25, 0.3) is 0 Å². The fourth-order valence-corrected chi connectivity index (χ4v) is 4.44. The van der Waals surface area contributed by atoms with E-state index in [1.807, 2.05) is 60.7 Å². The number of carbonyl (C=O) groups is 4. The molecule has 0 saturated carbocycles. The second-order valence-electron chi connectivity index (χ2n) is 12.0. The molecule has 0 heterocycles. The van der Waals surface area contributed by atoms with Gasteiger partial charge < -0.3 is 18.9 Å². The lowest BCUT2D eigenvalue weighted by Crippen LogP contribution is -2.13. The van der Waals surface area contributed by atoms with Crippen molar-refractivity contribution in [3.8, 4) is 45.3 Å². The van der Waals surface area contributed by atoms with Crippen LogP contribution in [0.15, 0.2) is 133 Å². The summed E-state index contributed by atoms with van der Waals surface area (Å²) in [5.41, 5.74) is 6.44. The second kappa shape index (κ2) is 17.4. The minimum atomic E-state index is -0.622. The van der Waals surface area contributed by atoms with Crippen LogP contribution in [0.4, 0.5) is 0 Å². The minimum Gasteiger partial charge on any atom is -0.419 e. The second-order valence-corrected chi connectivity index (χ2v) is 12.0. The summed E-state index contributed by atoms with van der Waals surface area (Å²) in [4.78, 5) is 49.5. The van der Waals surface area contributed by atoms with E-state index in [4.69, 9.17) is 18.9 Å². The average molecular weight is 697 g/mol. The summed E-state index contributed by atoms with van der Waals surface area (Å²) in [6.07, 6.45) is 7.25. The highest BCUT2D eigenvalue weighted by atomic mass is 16.6. The highest BCUT2D eigenvalue weighted by molar-refractivity contribution is 5.93. The highest BCUT2D eigenvalue weighted by Crippen LogP contribution is 2.35. The van der Waals surface area contributed by atoms with Crippen molar-refractivity contribution >= 4 is 36.0 Å². The highest BCUT2D eigenvalue weighted by Gasteiger charge is 2.18. The summed E-state index contributed by atoms with van der Waals surface area (Å²) in [5.74, 6) is -1.88. The normalized spacial score (nSPS) is 11.5. The van der Waals surface area contributed by atoms with Crippen LogP contribution >= 0.6 is 0 Å². The van der Waals surface area contributed by atoms with Gasteiger partial charge in [-0.3, -0.25) is 0 Å². The van der Waals surface area contributed by atoms with Crippen molar-refractivity contribution in [2.75, 3.05) is 0 Å². The Morgan fingerprint density at radius 3 is 1.06 bits per heavy atom. The van der Waals surface area contributed by atoms with Crippen molar-refractivity contribution in [2.24, 2.45) is 0 Å². The largest absolute Gasteiger partial charge is 0.419 e. The first-order chi connectivity index (χ1) is 24.8. The molecule has 0 N–H and O–H groups in total. The van der Waals surface area contributed by atoms with Crippen molar-refractivity contribution < 1.29 is 38.1 Å². The Labute approximate surface area is 304 Å². The van der Waals surface area contributed by atoms with Crippen molar-refractivity contribution in [1.82, 2.24) is 0 Å². The lowest BCUT2D eigenvalue weighted by molar-refractivity contribution is -0.132. The molecule has 0 unspecified atom stereocenters. The molecule has 0 atom stereocenters. The van der Waals surface area contributed by atoms with Gasteiger partial charge >= 0.3 is 23.9 Å². The molecule has 52 heavy (non-hydrogen) atoms. The van der Waals surface area contributed by atoms with Crippen molar-refractivity contribution in [2.45, 2.75) is 41.5 Å². The van der Waals surface area contributed by atoms with Gasteiger partial charge in [-0.25, -0.2) is 19.2 Å². The molecule has 8 heteroatoms. The molecule has 0 spiro atoms. The van der Waals surface area contributed by atoms with Crippen molar-refractivity contribution in [3.63, 3.8) is 0 Å². The van der Waals surface area contributed by atoms with Gasteiger partial charge in [0.2, 0.25) is 0 Å². The van der Waals surface area contributed by atoms with Gasteiger partial charge in [-0.15, -0.1) is 0 Å². The maximum atomic E-state index is 12.5. The number of allylic oxidation sites excluding steroid dienone is 2. The van der Waals surface area contributed by atoms with Gasteiger partial charge in [0.15, 0.2) is 23.0 Å². The Balaban J connectivity index is 1.52. The summed E-state index contributed by atoms with van der Waals surface area (Å²) >= 11 is 0. The molecule has 0 aliphatic heterocycles. The first-order valence-corrected chi connectivity index (χ1v) is 16.4. The number of rotatable bonds is 12. The number of ether oxygens (including phenoxy) is 4. The van der Waals surface area contributed by atoms with E-state index in [-0.39, 0.29) is 34.1 Å². The smallest absolute Gasteiger partial charge is 0.338 e. The van der Waals surface area contributed by atoms with E-state index in [2.05, 4.69) is 13.2 Å². The molecule has 0 amide bonds. The van der Waals surface area contributed by atoms with Crippen LogP contribution in [0, 0.1) is 0 Å². The predicted molar refractivity (Wildman–Crippen MR) is 204 cm³/mol. The molecule has 4 aromatic carbocycles. The zero-order chi connectivity index (χ0) is 37.9. The van der Waals surface area contributed by atoms with Crippen LogP contribution in [0.5, 0.6) is 23.0 Å². The molecule has 0 aliphatic rings. The molecular formula is C44H40O8. The monoisotopic (exact) mass is 696 g/mol. The predicted octanol–water partition coefficient (Wildman–Crippen LogP) is 9.90. The summed E-state index contributed by atoms with van der Waals surface area (Å²) in [6.45, 7) is 17.0. The van der Waals surface area contributed by atoms with Crippen LogP contribution in [0.2, 0.25) is 0 Å². The SMILES string of the molecule is C=C(C)C(=O)Oc1ccc(-c2ccc(/C=C/c3ccc(-c4ccc(OC(=O)C(=C)C)c(OC(=O)/C(C)=C/C)c4)cc3)cc2)cc1OC(=O)/C(C)=C\C. The molecule has 4 rings (SSSR count). The Bertz CT molecular complexity index is 1970. The van der Waals surface area contributed by atoms with Crippen LogP contribution in [0.3, 0.4) is 0 Å². The van der Waals surface area contributed by atoms with Gasteiger partial charge in [-0.05, 0) is 99.2 Å². The Morgan fingerprint density at radius 2 is 0.750 bits per heavy atom. The van der Waals surface area contributed by atoms with Gasteiger partial charge in [0.1, 0.15) is 0 Å². The maximum Gasteiger partial charge on any atom is 0.338 e. The third kappa shape index (κ3) is 10.0. The van der Waals surface area contributed by atoms with E-state index in [0.717, 1.165) is 33.4 Å². The summed E-state index contributed by atoms with van der Waals surface area (Å²) in [5, 5.41) is 0. The minimum absolute atomic E-state index is 0.115. The quantitative estimate of drug-likeness (QED) is 0.0624. The van der Waals surface area contributed by atoms with Crippen LogP contribution in [-0.4, -0.2) is 23.9 Å². The molecule has 0 bridgehead atoms. The number of benzene rings is 4. The third-order valence-corrected chi connectivity index (χ3v) is 7.86. The fraction of sp³-hybridized carbons (Fsp3) is 0.136. The molecule has 0 fully saturated rings. The van der Waals surface area contributed by atoms with Crippen LogP contribution < -0.4 is 18.9 Å². The van der Waals surface area contributed by atoms with Crippen LogP contribution in [0.1, 0.15) is 52.7 Å². The van der Waals surface area contributed by atoms with Gasteiger partial charge in [0.05, 0.1) is 0 Å². The fourth-order valence-electron chi connectivity index (χ4n) is 4.44. The maximum absolute atomic E-state index is 12.5. The molecular weight excluding hydrogens is 656 g/mol. The molecule has 0 aliphatic carbocycles. The molecule has 0 aromatic heterocycles. The number of esters is 4. The lowest BCUT2D eigenvalue weighted by atomic mass is 10.0. The number of carbonyl (C=O) groups excluding carboxylic acids is 4. The zero-order valence-electron chi connectivity index (χ0n) is 30.1. The Morgan fingerprint density at radius 1 is 0.442 bits per heavy atom. The topological polar surface area (TPSA) is 105 Å². The van der Waals surface area contributed by atoms with E-state index in [1.165, 1.54) is 13.8 Å². The van der Waals surface area contributed by atoms with Gasteiger partial charge in [-0.1, -0.05) is 98.1 Å². The Kier molecular flexibility index (Phi) is 12.8. The van der Waals surface area contributed by atoms with E-state index in [1.54, 1.807) is 76.2 Å². The van der Waals surface area contributed by atoms with Crippen molar-refractivity contribution in [3.05, 3.63) is 144 Å².